The molecule has 0 aromatic heterocycles. The van der Waals surface area contributed by atoms with Crippen molar-refractivity contribution in [3.8, 4) is 11.5 Å². The van der Waals surface area contributed by atoms with Gasteiger partial charge in [0.2, 0.25) is 11.8 Å². The molecule has 2 aromatic carbocycles. The number of benzene rings is 2. The number of unbranched alkanes of at least 4 members (excludes halogenated alkanes) is 4. The number of carbonyl (C=O) groups is 2. The summed E-state index contributed by atoms with van der Waals surface area (Å²) in [6.07, 6.45) is 7.30. The van der Waals surface area contributed by atoms with Crippen LogP contribution in [0.2, 0.25) is 0 Å². The number of aromatic hydroxyl groups is 2. The summed E-state index contributed by atoms with van der Waals surface area (Å²) in [6, 6.07) is 11.1. The maximum absolute atomic E-state index is 12.4. The first kappa shape index (κ1) is 32.2. The van der Waals surface area contributed by atoms with Gasteiger partial charge in [-0.2, -0.15) is 0 Å². The fourth-order valence-electron chi connectivity index (χ4n) is 4.57. The lowest BCUT2D eigenvalue weighted by Gasteiger charge is -2.28. The van der Waals surface area contributed by atoms with Crippen LogP contribution in [0.1, 0.15) is 109 Å². The quantitative estimate of drug-likeness (QED) is 0.208. The van der Waals surface area contributed by atoms with Gasteiger partial charge in [0.1, 0.15) is 11.5 Å². The number of amides is 2. The predicted molar refractivity (Wildman–Crippen MR) is 159 cm³/mol. The van der Waals surface area contributed by atoms with Crippen molar-refractivity contribution in [1.29, 1.82) is 0 Å². The largest absolute Gasteiger partial charge is 0.508 e. The predicted octanol–water partition coefficient (Wildman–Crippen LogP) is 6.44. The second-order valence-corrected chi connectivity index (χ2v) is 12.7. The van der Waals surface area contributed by atoms with E-state index in [-0.39, 0.29) is 28.4 Å². The number of hydrogen-bond donors (Lipinski definition) is 4. The van der Waals surface area contributed by atoms with Crippen LogP contribution in [-0.4, -0.2) is 35.1 Å². The van der Waals surface area contributed by atoms with Crippen molar-refractivity contribution in [2.45, 2.75) is 110 Å². The highest BCUT2D eigenvalue weighted by atomic mass is 16.3. The van der Waals surface area contributed by atoms with E-state index in [4.69, 9.17) is 0 Å². The Morgan fingerprint density at radius 1 is 0.641 bits per heavy atom. The Balaban J connectivity index is 1.59. The normalized spacial score (nSPS) is 11.8. The molecule has 0 aliphatic heterocycles. The van der Waals surface area contributed by atoms with Gasteiger partial charge in [0.15, 0.2) is 0 Å². The fraction of sp³-hybridized carbons (Fsp3) is 0.576. The molecule has 0 saturated carbocycles. The van der Waals surface area contributed by atoms with E-state index in [2.05, 4.69) is 64.3 Å². The first-order valence-corrected chi connectivity index (χ1v) is 14.5. The lowest BCUT2D eigenvalue weighted by molar-refractivity contribution is -0.121. The van der Waals surface area contributed by atoms with Gasteiger partial charge < -0.3 is 20.8 Å². The highest BCUT2D eigenvalue weighted by Gasteiger charge is 2.26. The Morgan fingerprint density at radius 3 is 1.49 bits per heavy atom. The van der Waals surface area contributed by atoms with Gasteiger partial charge in [0.25, 0.3) is 0 Å². The van der Waals surface area contributed by atoms with Crippen LogP contribution in [-0.2, 0) is 33.3 Å². The van der Waals surface area contributed by atoms with Crippen LogP contribution in [0, 0.1) is 0 Å². The zero-order chi connectivity index (χ0) is 29.1. The molecule has 0 aliphatic rings. The molecule has 0 saturated heterocycles. The van der Waals surface area contributed by atoms with Crippen molar-refractivity contribution in [1.82, 2.24) is 10.6 Å². The topological polar surface area (TPSA) is 98.7 Å². The van der Waals surface area contributed by atoms with E-state index in [0.29, 0.717) is 44.5 Å². The van der Waals surface area contributed by atoms with Crippen LogP contribution in [0.5, 0.6) is 11.5 Å². The second kappa shape index (κ2) is 14.9. The molecule has 0 unspecified atom stereocenters. The number of rotatable bonds is 14. The van der Waals surface area contributed by atoms with Gasteiger partial charge >= 0.3 is 0 Å². The van der Waals surface area contributed by atoms with Crippen molar-refractivity contribution >= 4 is 11.8 Å². The van der Waals surface area contributed by atoms with E-state index in [1.54, 1.807) is 12.1 Å². The average molecular weight is 539 g/mol. The smallest absolute Gasteiger partial charge is 0.220 e. The summed E-state index contributed by atoms with van der Waals surface area (Å²) in [5.41, 5.74) is 3.63. The van der Waals surface area contributed by atoms with Gasteiger partial charge in [-0.15, -0.1) is 0 Å². The maximum Gasteiger partial charge on any atom is 0.220 e. The van der Waals surface area contributed by atoms with E-state index in [9.17, 15) is 19.8 Å². The molecular weight excluding hydrogens is 488 g/mol. The maximum atomic E-state index is 12.4. The molecule has 216 valence electrons. The summed E-state index contributed by atoms with van der Waals surface area (Å²) in [7, 11) is 0. The second-order valence-electron chi connectivity index (χ2n) is 12.7. The Morgan fingerprint density at radius 2 is 1.05 bits per heavy atom. The molecule has 2 aromatic rings. The third-order valence-electron chi connectivity index (χ3n) is 7.00. The zero-order valence-electron chi connectivity index (χ0n) is 25.0. The summed E-state index contributed by atoms with van der Waals surface area (Å²) in [5.74, 6) is 0.729. The van der Waals surface area contributed by atoms with Crippen LogP contribution in [0.15, 0.2) is 36.4 Å². The lowest BCUT2D eigenvalue weighted by atomic mass is 9.78. The molecule has 0 radical (unpaired) electrons. The monoisotopic (exact) mass is 538 g/mol. The van der Waals surface area contributed by atoms with E-state index in [1.807, 2.05) is 12.1 Å². The Hall–Kier alpha value is -3.02. The fourth-order valence-corrected chi connectivity index (χ4v) is 4.57. The van der Waals surface area contributed by atoms with Gasteiger partial charge in [0, 0.05) is 25.9 Å². The van der Waals surface area contributed by atoms with E-state index in [1.165, 1.54) is 0 Å². The zero-order valence-corrected chi connectivity index (χ0v) is 25.0. The summed E-state index contributed by atoms with van der Waals surface area (Å²) in [4.78, 5) is 24.4. The molecule has 2 rings (SSSR count). The highest BCUT2D eigenvalue weighted by molar-refractivity contribution is 5.76. The average Bonchev–Trinajstić information content (AvgIpc) is 2.85. The third kappa shape index (κ3) is 11.7. The van der Waals surface area contributed by atoms with E-state index >= 15 is 0 Å². The molecule has 4 N–H and O–H groups in total. The molecule has 0 fully saturated rings. The molecule has 0 heterocycles. The first-order valence-electron chi connectivity index (χ1n) is 14.5. The number of phenolic OH excluding ortho intramolecular Hbond substituents is 2. The summed E-state index contributed by atoms with van der Waals surface area (Å²) >= 11 is 0. The Labute approximate surface area is 235 Å². The number of nitrogens with one attached hydrogen (secondary N) is 2. The SMILES string of the molecule is CC(C)(C)c1cc(CCC(=O)NCCCCCCCNC(=O)CCc2ccc(O)cc2)cc(C(C)(C)C)c1O. The lowest BCUT2D eigenvalue weighted by Crippen LogP contribution is -2.25. The number of phenols is 2. The molecule has 2 amide bonds. The van der Waals surface area contributed by atoms with Gasteiger partial charge in [-0.25, -0.2) is 0 Å². The molecule has 0 spiro atoms. The minimum atomic E-state index is -0.178. The van der Waals surface area contributed by atoms with Crippen LogP contribution in [0.25, 0.3) is 0 Å². The molecule has 6 heteroatoms. The number of aryl methyl sites for hydroxylation is 2. The standard InChI is InChI=1S/C33H50N2O4/c1-32(2,3)27-22-25(23-28(31(27)39)33(4,5)6)15-19-30(38)35-21-11-9-7-8-10-20-34-29(37)18-14-24-12-16-26(36)17-13-24/h12-13,16-17,22-23,36,39H,7-11,14-15,18-21H2,1-6H3,(H,34,37)(H,35,38). The van der Waals surface area contributed by atoms with Crippen LogP contribution >= 0.6 is 0 Å². The number of carbonyl (C=O) groups excluding carboxylic acids is 2. The molecular formula is C33H50N2O4. The van der Waals surface area contributed by atoms with E-state index in [0.717, 1.165) is 54.4 Å². The van der Waals surface area contributed by atoms with Crippen LogP contribution < -0.4 is 10.6 Å². The van der Waals surface area contributed by atoms with Gasteiger partial charge in [-0.1, -0.05) is 85.1 Å². The molecule has 0 atom stereocenters. The molecule has 0 bridgehead atoms. The third-order valence-corrected chi connectivity index (χ3v) is 7.00. The molecule has 0 aliphatic carbocycles. The Kier molecular flexibility index (Phi) is 12.3. The summed E-state index contributed by atoms with van der Waals surface area (Å²) in [6.45, 7) is 14.0. The van der Waals surface area contributed by atoms with Gasteiger partial charge in [-0.3, -0.25) is 9.59 Å². The van der Waals surface area contributed by atoms with Crippen molar-refractivity contribution in [2.75, 3.05) is 13.1 Å². The van der Waals surface area contributed by atoms with Crippen LogP contribution in [0.4, 0.5) is 0 Å². The van der Waals surface area contributed by atoms with Crippen molar-refractivity contribution in [3.05, 3.63) is 58.7 Å². The molecule has 39 heavy (non-hydrogen) atoms. The van der Waals surface area contributed by atoms with Crippen molar-refractivity contribution < 1.29 is 19.8 Å². The van der Waals surface area contributed by atoms with Crippen molar-refractivity contribution in [2.24, 2.45) is 0 Å². The molecule has 6 nitrogen and oxygen atoms in total. The van der Waals surface area contributed by atoms with E-state index < -0.39 is 0 Å². The highest BCUT2D eigenvalue weighted by Crippen LogP contribution is 2.40. The van der Waals surface area contributed by atoms with Crippen LogP contribution in [0.3, 0.4) is 0 Å². The minimum Gasteiger partial charge on any atom is -0.508 e. The number of hydrogen-bond acceptors (Lipinski definition) is 4. The summed E-state index contributed by atoms with van der Waals surface area (Å²) < 4.78 is 0. The van der Waals surface area contributed by atoms with Gasteiger partial charge in [-0.05, 0) is 70.9 Å². The first-order chi connectivity index (χ1) is 18.3. The van der Waals surface area contributed by atoms with Crippen molar-refractivity contribution in [3.63, 3.8) is 0 Å². The minimum absolute atomic E-state index is 0.0577. The Bertz CT molecular complexity index is 1030. The van der Waals surface area contributed by atoms with Gasteiger partial charge in [0.05, 0.1) is 0 Å². The summed E-state index contributed by atoms with van der Waals surface area (Å²) in [5, 5.41) is 26.2.